The molecule has 1 aromatic heterocycles. The van der Waals surface area contributed by atoms with Crippen molar-refractivity contribution in [2.45, 2.75) is 97.6 Å². The molecule has 3 N–H and O–H groups in total. The van der Waals surface area contributed by atoms with Crippen LogP contribution in [0.3, 0.4) is 0 Å². The molecule has 0 saturated carbocycles. The SMILES string of the molecule is CCc1nc(NC(=O)C(COCc2ccccc2)NC(=O)C(C)(C)NC(=O)OC(C)(C)C)cn1C(C(=O)N1CCC(C)CC1)c1ccccc1. The van der Waals surface area contributed by atoms with Crippen LogP contribution in [0.15, 0.2) is 66.9 Å². The van der Waals surface area contributed by atoms with E-state index < -0.39 is 41.1 Å². The summed E-state index contributed by atoms with van der Waals surface area (Å²) in [4.78, 5) is 60.5. The van der Waals surface area contributed by atoms with Crippen molar-refractivity contribution < 1.29 is 28.7 Å². The molecule has 0 aliphatic carbocycles. The quantitative estimate of drug-likeness (QED) is 0.223. The number of aryl methyl sites for hydroxylation is 1. The molecule has 0 spiro atoms. The van der Waals surface area contributed by atoms with E-state index in [-0.39, 0.29) is 24.9 Å². The maximum Gasteiger partial charge on any atom is 0.408 e. The van der Waals surface area contributed by atoms with Crippen molar-refractivity contribution in [2.24, 2.45) is 5.92 Å². The lowest BCUT2D eigenvalue weighted by Gasteiger charge is -2.34. The second kappa shape index (κ2) is 16.8. The topological polar surface area (TPSA) is 144 Å². The van der Waals surface area contributed by atoms with Crippen LogP contribution in [0.2, 0.25) is 0 Å². The number of rotatable bonds is 13. The van der Waals surface area contributed by atoms with Crippen molar-refractivity contribution in [3.05, 3.63) is 83.8 Å². The number of alkyl carbamates (subject to hydrolysis) is 1. The average Bonchev–Trinajstić information content (AvgIpc) is 3.46. The molecule has 0 bridgehead atoms. The molecule has 2 heterocycles. The van der Waals surface area contributed by atoms with Gasteiger partial charge in [-0.2, -0.15) is 0 Å². The van der Waals surface area contributed by atoms with Gasteiger partial charge in [0.05, 0.1) is 13.2 Å². The van der Waals surface area contributed by atoms with Gasteiger partial charge in [-0.05, 0) is 64.5 Å². The lowest BCUT2D eigenvalue weighted by molar-refractivity contribution is -0.135. The Labute approximate surface area is 295 Å². The monoisotopic (exact) mass is 688 g/mol. The fourth-order valence-corrected chi connectivity index (χ4v) is 5.66. The number of hydrogen-bond acceptors (Lipinski definition) is 7. The van der Waals surface area contributed by atoms with Gasteiger partial charge in [0.1, 0.15) is 29.0 Å². The molecule has 1 saturated heterocycles. The van der Waals surface area contributed by atoms with Crippen LogP contribution in [0.25, 0.3) is 0 Å². The third-order valence-electron chi connectivity index (χ3n) is 8.50. The van der Waals surface area contributed by atoms with Gasteiger partial charge < -0.3 is 34.9 Å². The largest absolute Gasteiger partial charge is 0.444 e. The van der Waals surface area contributed by atoms with Crippen LogP contribution in [0, 0.1) is 5.92 Å². The smallest absolute Gasteiger partial charge is 0.408 e. The number of nitrogens with zero attached hydrogens (tertiary/aromatic N) is 3. The summed E-state index contributed by atoms with van der Waals surface area (Å²) in [6, 6.07) is 17.2. The Hall–Kier alpha value is -4.71. The third kappa shape index (κ3) is 10.6. The van der Waals surface area contributed by atoms with Gasteiger partial charge in [0.2, 0.25) is 11.8 Å². The normalized spacial score (nSPS) is 15.1. The minimum absolute atomic E-state index is 0.0211. The van der Waals surface area contributed by atoms with E-state index in [1.54, 1.807) is 27.0 Å². The highest BCUT2D eigenvalue weighted by atomic mass is 16.6. The summed E-state index contributed by atoms with van der Waals surface area (Å²) >= 11 is 0. The van der Waals surface area contributed by atoms with Crippen LogP contribution >= 0.6 is 0 Å². The number of ether oxygens (including phenoxy) is 2. The first-order chi connectivity index (χ1) is 23.7. The Morgan fingerprint density at radius 1 is 0.940 bits per heavy atom. The summed E-state index contributed by atoms with van der Waals surface area (Å²) in [5.41, 5.74) is -0.467. The predicted octanol–water partition coefficient (Wildman–Crippen LogP) is 5.24. The average molecular weight is 689 g/mol. The number of carbonyl (C=O) groups excluding carboxylic acids is 4. The summed E-state index contributed by atoms with van der Waals surface area (Å²) in [5, 5.41) is 8.16. The molecule has 2 aromatic carbocycles. The van der Waals surface area contributed by atoms with Crippen molar-refractivity contribution in [3.63, 3.8) is 0 Å². The number of hydrogen-bond donors (Lipinski definition) is 3. The molecule has 50 heavy (non-hydrogen) atoms. The molecule has 270 valence electrons. The van der Waals surface area contributed by atoms with E-state index in [4.69, 9.17) is 14.5 Å². The molecule has 1 fully saturated rings. The van der Waals surface area contributed by atoms with Gasteiger partial charge in [-0.1, -0.05) is 74.5 Å². The van der Waals surface area contributed by atoms with Gasteiger partial charge in [-0.3, -0.25) is 14.4 Å². The summed E-state index contributed by atoms with van der Waals surface area (Å²) in [5.74, 6) is 0.223. The number of benzene rings is 2. The molecular weight excluding hydrogens is 636 g/mol. The van der Waals surface area contributed by atoms with E-state index in [9.17, 15) is 19.2 Å². The second-order valence-electron chi connectivity index (χ2n) is 14.4. The zero-order valence-corrected chi connectivity index (χ0v) is 30.3. The summed E-state index contributed by atoms with van der Waals surface area (Å²) in [7, 11) is 0. The van der Waals surface area contributed by atoms with Crippen LogP contribution < -0.4 is 16.0 Å². The van der Waals surface area contributed by atoms with Gasteiger partial charge >= 0.3 is 6.09 Å². The number of amides is 4. The Morgan fingerprint density at radius 2 is 1.56 bits per heavy atom. The number of imidazole rings is 1. The second-order valence-corrected chi connectivity index (χ2v) is 14.4. The minimum atomic E-state index is -1.42. The van der Waals surface area contributed by atoms with Crippen molar-refractivity contribution >= 4 is 29.6 Å². The van der Waals surface area contributed by atoms with E-state index in [1.807, 2.05) is 77.1 Å². The highest BCUT2D eigenvalue weighted by molar-refractivity contribution is 5.98. The number of anilines is 1. The van der Waals surface area contributed by atoms with Crippen LogP contribution in [0.1, 0.15) is 84.3 Å². The fraction of sp³-hybridized carbons (Fsp3) is 0.500. The third-order valence-corrected chi connectivity index (χ3v) is 8.50. The van der Waals surface area contributed by atoms with E-state index in [0.717, 1.165) is 24.0 Å². The highest BCUT2D eigenvalue weighted by Gasteiger charge is 2.35. The molecule has 12 heteroatoms. The van der Waals surface area contributed by atoms with E-state index in [0.29, 0.717) is 31.3 Å². The first-order valence-electron chi connectivity index (χ1n) is 17.3. The van der Waals surface area contributed by atoms with Crippen LogP contribution in [-0.4, -0.2) is 75.1 Å². The summed E-state index contributed by atoms with van der Waals surface area (Å²) in [6.07, 6.45) is 3.31. The van der Waals surface area contributed by atoms with Crippen molar-refractivity contribution in [1.82, 2.24) is 25.1 Å². The summed E-state index contributed by atoms with van der Waals surface area (Å²) in [6.45, 7) is 13.8. The van der Waals surface area contributed by atoms with Crippen molar-refractivity contribution in [3.8, 4) is 0 Å². The maximum absolute atomic E-state index is 14.1. The first-order valence-corrected chi connectivity index (χ1v) is 17.3. The molecular formula is C38H52N6O6. The molecule has 4 rings (SSSR count). The molecule has 1 aliphatic heterocycles. The molecule has 0 radical (unpaired) electrons. The zero-order chi connectivity index (χ0) is 36.5. The number of carbonyl (C=O) groups is 4. The Bertz CT molecular complexity index is 1590. The standard InChI is InChI=1S/C38H52N6O6/c1-8-31-40-30(23-44(31)32(28-17-13-10-14-18-28)34(46)43-21-19-26(2)20-22-43)41-33(45)29(25-49-24-27-15-11-9-12-16-27)39-35(47)38(6,7)42-36(48)50-37(3,4)5/h9-18,23,26,29,32H,8,19-22,24-25H2,1-7H3,(H,39,47)(H,41,45)(H,42,48). The Kier molecular flexibility index (Phi) is 12.8. The highest BCUT2D eigenvalue weighted by Crippen LogP contribution is 2.28. The van der Waals surface area contributed by atoms with E-state index in [1.165, 1.54) is 13.8 Å². The first kappa shape index (κ1) is 38.1. The molecule has 4 amide bonds. The van der Waals surface area contributed by atoms with E-state index >= 15 is 0 Å². The number of nitrogens with one attached hydrogen (secondary N) is 3. The Morgan fingerprint density at radius 3 is 2.16 bits per heavy atom. The van der Waals surface area contributed by atoms with Gasteiger partial charge in [0, 0.05) is 25.7 Å². The lowest BCUT2D eigenvalue weighted by atomic mass is 9.97. The van der Waals surface area contributed by atoms with Gasteiger partial charge in [0.25, 0.3) is 5.91 Å². The van der Waals surface area contributed by atoms with Gasteiger partial charge in [-0.25, -0.2) is 9.78 Å². The van der Waals surface area contributed by atoms with Crippen LogP contribution in [0.5, 0.6) is 0 Å². The minimum Gasteiger partial charge on any atom is -0.444 e. The lowest BCUT2D eigenvalue weighted by Crippen LogP contribution is -2.59. The molecule has 2 atom stereocenters. The number of piperidine rings is 1. The molecule has 3 aromatic rings. The van der Waals surface area contributed by atoms with Gasteiger partial charge in [0.15, 0.2) is 5.82 Å². The molecule has 1 aliphatic rings. The Balaban J connectivity index is 1.57. The van der Waals surface area contributed by atoms with Crippen LogP contribution in [-0.2, 0) is 36.9 Å². The summed E-state index contributed by atoms with van der Waals surface area (Å²) < 4.78 is 13.1. The molecule has 12 nitrogen and oxygen atoms in total. The predicted molar refractivity (Wildman–Crippen MR) is 191 cm³/mol. The van der Waals surface area contributed by atoms with E-state index in [2.05, 4.69) is 22.9 Å². The number of likely N-dealkylation sites (tertiary alicyclic amines) is 1. The fourth-order valence-electron chi connectivity index (χ4n) is 5.66. The van der Waals surface area contributed by atoms with Crippen molar-refractivity contribution in [1.29, 1.82) is 0 Å². The molecule has 2 unspecified atom stereocenters. The van der Waals surface area contributed by atoms with Gasteiger partial charge in [-0.15, -0.1) is 0 Å². The van der Waals surface area contributed by atoms with Crippen molar-refractivity contribution in [2.75, 3.05) is 25.0 Å². The maximum atomic E-state index is 14.1. The van der Waals surface area contributed by atoms with Crippen LogP contribution in [0.4, 0.5) is 10.6 Å². The zero-order valence-electron chi connectivity index (χ0n) is 30.3. The number of aromatic nitrogens is 2.